The summed E-state index contributed by atoms with van der Waals surface area (Å²) in [5.74, 6) is 0. The van der Waals surface area contributed by atoms with Crippen LogP contribution in [0.2, 0.25) is 0 Å². The minimum Gasteiger partial charge on any atom is -0.380 e. The molecule has 0 saturated heterocycles. The molecule has 0 rings (SSSR count). The van der Waals surface area contributed by atoms with Gasteiger partial charge in [0.05, 0.1) is 6.61 Å². The first-order valence-corrected chi connectivity index (χ1v) is 3.76. The van der Waals surface area contributed by atoms with E-state index >= 15 is 0 Å². The van der Waals surface area contributed by atoms with E-state index in [-0.39, 0.29) is 5.54 Å². The molecule has 0 amide bonds. The van der Waals surface area contributed by atoms with Crippen molar-refractivity contribution < 1.29 is 4.74 Å². The van der Waals surface area contributed by atoms with E-state index in [9.17, 15) is 0 Å². The Labute approximate surface area is 64.2 Å². The van der Waals surface area contributed by atoms with Crippen LogP contribution in [0.3, 0.4) is 0 Å². The van der Waals surface area contributed by atoms with Crippen LogP contribution in [0.4, 0.5) is 0 Å². The zero-order chi connectivity index (χ0) is 8.20. The van der Waals surface area contributed by atoms with Crippen molar-refractivity contribution in [1.82, 2.24) is 4.90 Å². The SMILES string of the molecule is CCOCC(C)(C)N(C)C. The zero-order valence-corrected chi connectivity index (χ0v) is 7.77. The fourth-order valence-electron chi connectivity index (χ4n) is 0.481. The molecule has 0 aliphatic carbocycles. The quantitative estimate of drug-likeness (QED) is 0.592. The summed E-state index contributed by atoms with van der Waals surface area (Å²) in [5.41, 5.74) is 0.163. The highest BCUT2D eigenvalue weighted by molar-refractivity contribution is 4.75. The average molecular weight is 145 g/mol. The van der Waals surface area contributed by atoms with Gasteiger partial charge in [-0.2, -0.15) is 0 Å². The van der Waals surface area contributed by atoms with Crippen LogP contribution >= 0.6 is 0 Å². The van der Waals surface area contributed by atoms with Gasteiger partial charge in [0.25, 0.3) is 0 Å². The lowest BCUT2D eigenvalue weighted by molar-refractivity contribution is 0.0425. The molecule has 2 nitrogen and oxygen atoms in total. The van der Waals surface area contributed by atoms with Gasteiger partial charge in [-0.1, -0.05) is 0 Å². The first-order chi connectivity index (χ1) is 4.50. The van der Waals surface area contributed by atoms with Gasteiger partial charge in [-0.3, -0.25) is 0 Å². The largest absolute Gasteiger partial charge is 0.380 e. The van der Waals surface area contributed by atoms with Crippen molar-refractivity contribution in [3.05, 3.63) is 0 Å². The van der Waals surface area contributed by atoms with Crippen LogP contribution in [0, 0.1) is 0 Å². The van der Waals surface area contributed by atoms with E-state index in [0.717, 1.165) is 13.2 Å². The Morgan fingerprint density at radius 2 is 1.80 bits per heavy atom. The number of hydrogen-bond donors (Lipinski definition) is 0. The lowest BCUT2D eigenvalue weighted by Gasteiger charge is -2.31. The number of rotatable bonds is 4. The normalized spacial score (nSPS) is 12.6. The highest BCUT2D eigenvalue weighted by Crippen LogP contribution is 2.09. The second-order valence-corrected chi connectivity index (χ2v) is 3.34. The van der Waals surface area contributed by atoms with Crippen LogP contribution in [0.15, 0.2) is 0 Å². The van der Waals surface area contributed by atoms with Crippen LogP contribution < -0.4 is 0 Å². The zero-order valence-electron chi connectivity index (χ0n) is 7.77. The summed E-state index contributed by atoms with van der Waals surface area (Å²) in [4.78, 5) is 2.17. The molecule has 2 heteroatoms. The maximum Gasteiger partial charge on any atom is 0.0644 e. The third-order valence-corrected chi connectivity index (χ3v) is 1.87. The van der Waals surface area contributed by atoms with Gasteiger partial charge in [0, 0.05) is 12.1 Å². The van der Waals surface area contributed by atoms with Crippen LogP contribution in [0.5, 0.6) is 0 Å². The molecule has 0 heterocycles. The molecule has 0 bridgehead atoms. The first kappa shape index (κ1) is 9.92. The first-order valence-electron chi connectivity index (χ1n) is 3.76. The molecule has 0 spiro atoms. The molecule has 62 valence electrons. The van der Waals surface area contributed by atoms with Crippen molar-refractivity contribution in [2.75, 3.05) is 27.3 Å². The van der Waals surface area contributed by atoms with Crippen molar-refractivity contribution in [1.29, 1.82) is 0 Å². The second kappa shape index (κ2) is 3.94. The third kappa shape index (κ3) is 3.18. The predicted octanol–water partition coefficient (Wildman–Crippen LogP) is 1.36. The average Bonchev–Trinajstić information content (AvgIpc) is 1.84. The van der Waals surface area contributed by atoms with Crippen LogP contribution in [-0.4, -0.2) is 37.7 Å². The van der Waals surface area contributed by atoms with Gasteiger partial charge >= 0.3 is 0 Å². The maximum absolute atomic E-state index is 5.32. The summed E-state index contributed by atoms with van der Waals surface area (Å²) >= 11 is 0. The topological polar surface area (TPSA) is 12.5 Å². The van der Waals surface area contributed by atoms with E-state index < -0.39 is 0 Å². The number of ether oxygens (including phenoxy) is 1. The van der Waals surface area contributed by atoms with Crippen molar-refractivity contribution in [3.8, 4) is 0 Å². The van der Waals surface area contributed by atoms with E-state index in [1.807, 2.05) is 6.92 Å². The van der Waals surface area contributed by atoms with E-state index in [2.05, 4.69) is 32.8 Å². The van der Waals surface area contributed by atoms with Gasteiger partial charge in [-0.15, -0.1) is 0 Å². The fraction of sp³-hybridized carbons (Fsp3) is 1.00. The molecule has 0 saturated carbocycles. The molecule has 0 radical (unpaired) electrons. The molecule has 0 unspecified atom stereocenters. The van der Waals surface area contributed by atoms with Gasteiger partial charge in [-0.05, 0) is 34.9 Å². The Hall–Kier alpha value is -0.0800. The van der Waals surface area contributed by atoms with Crippen molar-refractivity contribution >= 4 is 0 Å². The number of nitrogens with zero attached hydrogens (tertiary/aromatic N) is 1. The van der Waals surface area contributed by atoms with Crippen LogP contribution in [-0.2, 0) is 4.74 Å². The van der Waals surface area contributed by atoms with E-state index in [1.54, 1.807) is 0 Å². The van der Waals surface area contributed by atoms with E-state index in [4.69, 9.17) is 4.74 Å². The second-order valence-electron chi connectivity index (χ2n) is 3.34. The minimum absolute atomic E-state index is 0.163. The van der Waals surface area contributed by atoms with Gasteiger partial charge < -0.3 is 9.64 Å². The summed E-state index contributed by atoms with van der Waals surface area (Å²) in [5, 5.41) is 0. The van der Waals surface area contributed by atoms with Crippen molar-refractivity contribution in [3.63, 3.8) is 0 Å². The summed E-state index contributed by atoms with van der Waals surface area (Å²) in [6, 6.07) is 0. The Bertz CT molecular complexity index is 89.3. The van der Waals surface area contributed by atoms with E-state index in [1.165, 1.54) is 0 Å². The lowest BCUT2D eigenvalue weighted by atomic mass is 10.1. The van der Waals surface area contributed by atoms with Crippen LogP contribution in [0.25, 0.3) is 0 Å². The van der Waals surface area contributed by atoms with Crippen molar-refractivity contribution in [2.24, 2.45) is 0 Å². The molecule has 0 N–H and O–H groups in total. The smallest absolute Gasteiger partial charge is 0.0644 e. The standard InChI is InChI=1S/C8H19NO/c1-6-10-7-8(2,3)9(4)5/h6-7H2,1-5H3. The van der Waals surface area contributed by atoms with Gasteiger partial charge in [0.1, 0.15) is 0 Å². The van der Waals surface area contributed by atoms with Gasteiger partial charge in [-0.25, -0.2) is 0 Å². The summed E-state index contributed by atoms with van der Waals surface area (Å²) in [6.45, 7) is 7.96. The Morgan fingerprint density at radius 3 is 2.10 bits per heavy atom. The molecular weight excluding hydrogens is 126 g/mol. The van der Waals surface area contributed by atoms with Crippen molar-refractivity contribution in [2.45, 2.75) is 26.3 Å². The Kier molecular flexibility index (Phi) is 3.91. The molecule has 0 aromatic carbocycles. The molecule has 0 fully saturated rings. The molecule has 0 aliphatic rings. The molecule has 0 atom stereocenters. The molecular formula is C8H19NO. The van der Waals surface area contributed by atoms with Crippen LogP contribution in [0.1, 0.15) is 20.8 Å². The fourth-order valence-corrected chi connectivity index (χ4v) is 0.481. The monoisotopic (exact) mass is 145 g/mol. The Morgan fingerprint density at radius 1 is 1.30 bits per heavy atom. The molecule has 0 aromatic heterocycles. The highest BCUT2D eigenvalue weighted by atomic mass is 16.5. The summed E-state index contributed by atoms with van der Waals surface area (Å²) in [7, 11) is 4.14. The minimum atomic E-state index is 0.163. The molecule has 0 aromatic rings. The van der Waals surface area contributed by atoms with Gasteiger partial charge in [0.2, 0.25) is 0 Å². The number of hydrogen-bond acceptors (Lipinski definition) is 2. The lowest BCUT2D eigenvalue weighted by Crippen LogP contribution is -2.42. The Balaban J connectivity index is 3.63. The maximum atomic E-state index is 5.32. The molecule has 10 heavy (non-hydrogen) atoms. The predicted molar refractivity (Wildman–Crippen MR) is 44.3 cm³/mol. The number of likely N-dealkylation sites (N-methyl/N-ethyl adjacent to an activating group) is 1. The summed E-state index contributed by atoms with van der Waals surface area (Å²) < 4.78 is 5.32. The third-order valence-electron chi connectivity index (χ3n) is 1.87. The molecule has 0 aliphatic heterocycles. The van der Waals surface area contributed by atoms with Gasteiger partial charge in [0.15, 0.2) is 0 Å². The highest BCUT2D eigenvalue weighted by Gasteiger charge is 2.19. The summed E-state index contributed by atoms with van der Waals surface area (Å²) in [6.07, 6.45) is 0. The van der Waals surface area contributed by atoms with E-state index in [0.29, 0.717) is 0 Å².